The van der Waals surface area contributed by atoms with Crippen LogP contribution in [-0.2, 0) is 16.0 Å². The van der Waals surface area contributed by atoms with Gasteiger partial charge in [0.05, 0.1) is 6.04 Å². The first-order valence-corrected chi connectivity index (χ1v) is 11.9. The predicted octanol–water partition coefficient (Wildman–Crippen LogP) is 4.62. The summed E-state index contributed by atoms with van der Waals surface area (Å²) in [5.41, 5.74) is 3.42. The first kappa shape index (κ1) is 21.5. The van der Waals surface area contributed by atoms with Crippen LogP contribution in [0.15, 0.2) is 43.0 Å². The second-order valence-electron chi connectivity index (χ2n) is 9.80. The zero-order valence-electron chi connectivity index (χ0n) is 18.9. The van der Waals surface area contributed by atoms with Gasteiger partial charge in [0, 0.05) is 37.6 Å². The summed E-state index contributed by atoms with van der Waals surface area (Å²) in [7, 11) is 0. The molecule has 0 N–H and O–H groups in total. The number of hydrogen-bond donors (Lipinski definition) is 0. The highest BCUT2D eigenvalue weighted by atomic mass is 19.1. The topological polar surface area (TPSA) is 49.9 Å². The van der Waals surface area contributed by atoms with Gasteiger partial charge in [-0.1, -0.05) is 18.7 Å². The van der Waals surface area contributed by atoms with E-state index in [1.165, 1.54) is 12.1 Å². The van der Waals surface area contributed by atoms with Crippen molar-refractivity contribution in [2.24, 2.45) is 0 Å². The highest BCUT2D eigenvalue weighted by Crippen LogP contribution is 2.48. The van der Waals surface area contributed by atoms with Gasteiger partial charge in [0.15, 0.2) is 5.60 Å². The van der Waals surface area contributed by atoms with Gasteiger partial charge in [-0.05, 0) is 66.1 Å². The molecule has 2 atom stereocenters. The summed E-state index contributed by atoms with van der Waals surface area (Å²) in [6.45, 7) is 4.96. The van der Waals surface area contributed by atoms with Crippen LogP contribution in [0.4, 0.5) is 8.78 Å². The second kappa shape index (κ2) is 7.73. The molecule has 1 aliphatic carbocycles. The summed E-state index contributed by atoms with van der Waals surface area (Å²) in [4.78, 5) is 30.4. The minimum atomic E-state index is -0.973. The van der Waals surface area contributed by atoms with Gasteiger partial charge in [-0.25, -0.2) is 8.78 Å². The number of hydrogen-bond acceptors (Lipinski definition) is 3. The van der Waals surface area contributed by atoms with E-state index in [2.05, 4.69) is 6.58 Å². The molecular formula is C27H26F2N2O3. The molecule has 0 aromatic heterocycles. The van der Waals surface area contributed by atoms with Crippen LogP contribution in [0.3, 0.4) is 0 Å². The Bertz CT molecular complexity index is 1200. The number of allylic oxidation sites excluding steroid dienone is 1. The fourth-order valence-corrected chi connectivity index (χ4v) is 6.18. The van der Waals surface area contributed by atoms with Crippen molar-refractivity contribution in [3.63, 3.8) is 0 Å². The monoisotopic (exact) mass is 464 g/mol. The van der Waals surface area contributed by atoms with Crippen LogP contribution in [0.25, 0.3) is 5.57 Å². The Morgan fingerprint density at radius 1 is 1.06 bits per heavy atom. The van der Waals surface area contributed by atoms with Gasteiger partial charge in [0.25, 0.3) is 11.8 Å². The molecule has 176 valence electrons. The molecular weight excluding hydrogens is 438 g/mol. The van der Waals surface area contributed by atoms with Gasteiger partial charge in [0.2, 0.25) is 0 Å². The molecule has 1 spiro atoms. The maximum absolute atomic E-state index is 13.8. The zero-order valence-corrected chi connectivity index (χ0v) is 18.9. The Morgan fingerprint density at radius 2 is 1.79 bits per heavy atom. The molecule has 3 aliphatic heterocycles. The number of likely N-dealkylation sites (tertiary alicyclic amines) is 1. The number of rotatable bonds is 2. The number of benzene rings is 2. The summed E-state index contributed by atoms with van der Waals surface area (Å²) < 4.78 is 33.9. The van der Waals surface area contributed by atoms with E-state index in [1.54, 1.807) is 9.80 Å². The summed E-state index contributed by atoms with van der Waals surface area (Å²) in [6.07, 6.45) is 3.36. The molecule has 4 aliphatic rings. The van der Waals surface area contributed by atoms with E-state index in [0.717, 1.165) is 41.2 Å². The number of halogens is 2. The standard InChI is InChI=1S/C27H26F2N2O3/c1-16-5-6-21-20(16)3-2-4-22(21)25(32)30-11-9-27(10-12-30)26(33)31-23(7-8-24(31)34-27)17-13-18(28)15-19(29)14-17/h2-4,13-15,23-24H,1,5-12H2/t23-,24+/m0/s1. The fourth-order valence-electron chi connectivity index (χ4n) is 6.18. The highest BCUT2D eigenvalue weighted by molar-refractivity contribution is 5.98. The molecule has 3 saturated heterocycles. The maximum Gasteiger partial charge on any atom is 0.257 e. The lowest BCUT2D eigenvalue weighted by Gasteiger charge is -2.37. The van der Waals surface area contributed by atoms with Crippen LogP contribution >= 0.6 is 0 Å². The number of fused-ring (bicyclic) bond motifs is 2. The molecule has 2 amide bonds. The number of ether oxygens (including phenoxy) is 1. The molecule has 2 aromatic carbocycles. The van der Waals surface area contributed by atoms with E-state index in [1.807, 2.05) is 18.2 Å². The number of carbonyl (C=O) groups excluding carboxylic acids is 2. The molecule has 3 fully saturated rings. The number of amides is 2. The van der Waals surface area contributed by atoms with Crippen molar-refractivity contribution in [2.75, 3.05) is 13.1 Å². The lowest BCUT2D eigenvalue weighted by atomic mass is 9.89. The Labute approximate surface area is 197 Å². The maximum atomic E-state index is 13.8. The molecule has 0 radical (unpaired) electrons. The molecule has 34 heavy (non-hydrogen) atoms. The molecule has 2 aromatic rings. The molecule has 3 heterocycles. The second-order valence-corrected chi connectivity index (χ2v) is 9.80. The summed E-state index contributed by atoms with van der Waals surface area (Å²) in [5, 5.41) is 0. The van der Waals surface area contributed by atoms with Crippen molar-refractivity contribution in [1.82, 2.24) is 9.80 Å². The highest BCUT2D eigenvalue weighted by Gasteiger charge is 2.58. The summed E-state index contributed by atoms with van der Waals surface area (Å²) in [5.74, 6) is -1.44. The third-order valence-corrected chi connectivity index (χ3v) is 7.91. The van der Waals surface area contributed by atoms with Crippen molar-refractivity contribution < 1.29 is 23.1 Å². The molecule has 0 bridgehead atoms. The van der Waals surface area contributed by atoms with E-state index < -0.39 is 29.5 Å². The number of carbonyl (C=O) groups is 2. The lowest BCUT2D eigenvalue weighted by molar-refractivity contribution is -0.142. The normalized spacial score (nSPS) is 25.2. The lowest BCUT2D eigenvalue weighted by Crippen LogP contribution is -2.51. The van der Waals surface area contributed by atoms with E-state index in [9.17, 15) is 18.4 Å². The van der Waals surface area contributed by atoms with Gasteiger partial charge >= 0.3 is 0 Å². The Hall–Kier alpha value is -3.06. The minimum absolute atomic E-state index is 0.0135. The van der Waals surface area contributed by atoms with Crippen molar-refractivity contribution in [3.05, 3.63) is 76.9 Å². The van der Waals surface area contributed by atoms with Crippen LogP contribution in [0, 0.1) is 11.6 Å². The van der Waals surface area contributed by atoms with E-state index in [0.29, 0.717) is 44.3 Å². The summed E-state index contributed by atoms with van der Waals surface area (Å²) >= 11 is 0. The predicted molar refractivity (Wildman–Crippen MR) is 122 cm³/mol. The van der Waals surface area contributed by atoms with E-state index >= 15 is 0 Å². The van der Waals surface area contributed by atoms with Crippen LogP contribution in [-0.4, -0.2) is 46.5 Å². The molecule has 5 nitrogen and oxygen atoms in total. The molecule has 0 saturated carbocycles. The van der Waals surface area contributed by atoms with Crippen LogP contribution in [0.5, 0.6) is 0 Å². The Morgan fingerprint density at radius 3 is 2.53 bits per heavy atom. The van der Waals surface area contributed by atoms with Crippen molar-refractivity contribution >= 4 is 17.4 Å². The van der Waals surface area contributed by atoms with Gasteiger partial charge < -0.3 is 14.5 Å². The van der Waals surface area contributed by atoms with Crippen LogP contribution < -0.4 is 0 Å². The van der Waals surface area contributed by atoms with Crippen LogP contribution in [0.1, 0.15) is 65.2 Å². The van der Waals surface area contributed by atoms with Crippen molar-refractivity contribution in [1.29, 1.82) is 0 Å². The Balaban J connectivity index is 1.19. The first-order valence-electron chi connectivity index (χ1n) is 11.9. The van der Waals surface area contributed by atoms with Gasteiger partial charge in [-0.2, -0.15) is 0 Å². The molecule has 7 heteroatoms. The quantitative estimate of drug-likeness (QED) is 0.652. The number of nitrogens with zero attached hydrogens (tertiary/aromatic N) is 2. The third kappa shape index (κ3) is 3.21. The molecule has 0 unspecified atom stereocenters. The first-order chi connectivity index (χ1) is 16.4. The SMILES string of the molecule is C=C1CCc2c1cccc2C(=O)N1CCC2(CC1)O[C@@H]1CC[C@@H](c3cc(F)cc(F)c3)N1C2=O. The smallest absolute Gasteiger partial charge is 0.257 e. The number of piperidine rings is 1. The van der Waals surface area contributed by atoms with Gasteiger partial charge in [-0.3, -0.25) is 9.59 Å². The van der Waals surface area contributed by atoms with Crippen molar-refractivity contribution in [2.45, 2.75) is 56.4 Å². The fraction of sp³-hybridized carbons (Fsp3) is 0.407. The average Bonchev–Trinajstić information content (AvgIpc) is 3.48. The summed E-state index contributed by atoms with van der Waals surface area (Å²) in [6, 6.07) is 8.82. The third-order valence-electron chi connectivity index (χ3n) is 7.91. The molecule has 6 rings (SSSR count). The zero-order chi connectivity index (χ0) is 23.6. The minimum Gasteiger partial charge on any atom is -0.342 e. The van der Waals surface area contributed by atoms with Crippen molar-refractivity contribution in [3.8, 4) is 0 Å². The van der Waals surface area contributed by atoms with E-state index in [4.69, 9.17) is 4.74 Å². The Kier molecular flexibility index (Phi) is 4.88. The van der Waals surface area contributed by atoms with Crippen LogP contribution in [0.2, 0.25) is 0 Å². The van der Waals surface area contributed by atoms with E-state index in [-0.39, 0.29) is 11.8 Å². The van der Waals surface area contributed by atoms with Gasteiger partial charge in [0.1, 0.15) is 17.9 Å². The largest absolute Gasteiger partial charge is 0.342 e. The average molecular weight is 465 g/mol. The van der Waals surface area contributed by atoms with Gasteiger partial charge in [-0.15, -0.1) is 0 Å².